The summed E-state index contributed by atoms with van der Waals surface area (Å²) in [4.78, 5) is 0. The number of aliphatic hydroxyl groups is 2. The molecule has 0 radical (unpaired) electrons. The molecule has 0 heterocycles. The Balaban J connectivity index is 2.20. The van der Waals surface area contributed by atoms with Crippen molar-refractivity contribution >= 4 is 0 Å². The lowest BCUT2D eigenvalue weighted by Crippen LogP contribution is -2.34. The Morgan fingerprint density at radius 2 is 1.95 bits per heavy atom. The molecule has 0 saturated heterocycles. The van der Waals surface area contributed by atoms with Crippen LogP contribution in [-0.2, 0) is 12.8 Å². The molecule has 0 bridgehead atoms. The molecule has 6 nitrogen and oxygen atoms in total. The highest BCUT2D eigenvalue weighted by molar-refractivity contribution is 5.58. The summed E-state index contributed by atoms with van der Waals surface area (Å²) >= 11 is 0. The maximum absolute atomic E-state index is 10.2. The third-order valence-corrected chi connectivity index (χ3v) is 3.54. The highest BCUT2D eigenvalue weighted by Crippen LogP contribution is 2.43. The van der Waals surface area contributed by atoms with E-state index in [2.05, 4.69) is 5.32 Å². The van der Waals surface area contributed by atoms with Crippen LogP contribution in [0.5, 0.6) is 17.2 Å². The molecule has 1 aliphatic rings. The summed E-state index contributed by atoms with van der Waals surface area (Å²) in [7, 11) is 1.83. The van der Waals surface area contributed by atoms with Crippen LogP contribution in [0.3, 0.4) is 0 Å². The van der Waals surface area contributed by atoms with Crippen molar-refractivity contribution in [3.63, 3.8) is 0 Å². The van der Waals surface area contributed by atoms with Crippen LogP contribution in [0.2, 0.25) is 0 Å². The van der Waals surface area contributed by atoms with Crippen molar-refractivity contribution in [2.24, 2.45) is 0 Å². The second kappa shape index (κ2) is 6.30. The van der Waals surface area contributed by atoms with Crippen molar-refractivity contribution < 1.29 is 25.2 Å². The van der Waals surface area contributed by atoms with E-state index in [1.807, 2.05) is 7.05 Å². The van der Waals surface area contributed by atoms with Crippen LogP contribution >= 0.6 is 0 Å². The van der Waals surface area contributed by atoms with Gasteiger partial charge in [-0.25, -0.2) is 0 Å². The SMILES string of the molecule is CNCCCOc1c(O)cc2c(c1O)CC(O)C(O)C2. The molecule has 0 aliphatic heterocycles. The largest absolute Gasteiger partial charge is 0.504 e. The predicted molar refractivity (Wildman–Crippen MR) is 73.2 cm³/mol. The summed E-state index contributed by atoms with van der Waals surface area (Å²) in [6.45, 7) is 1.14. The number of fused-ring (bicyclic) bond motifs is 1. The molecular formula is C14H21NO5. The molecule has 0 fully saturated rings. The number of benzene rings is 1. The van der Waals surface area contributed by atoms with Gasteiger partial charge < -0.3 is 30.5 Å². The third kappa shape index (κ3) is 2.98. The number of hydrogen-bond donors (Lipinski definition) is 5. The quantitative estimate of drug-likeness (QED) is 0.484. The lowest BCUT2D eigenvalue weighted by atomic mass is 9.86. The van der Waals surface area contributed by atoms with Crippen LogP contribution in [0.1, 0.15) is 17.5 Å². The van der Waals surface area contributed by atoms with E-state index in [4.69, 9.17) is 4.74 Å². The molecule has 0 spiro atoms. The summed E-state index contributed by atoms with van der Waals surface area (Å²) in [5.41, 5.74) is 1.17. The van der Waals surface area contributed by atoms with Crippen LogP contribution in [0.15, 0.2) is 6.07 Å². The van der Waals surface area contributed by atoms with Gasteiger partial charge in [0, 0.05) is 18.4 Å². The van der Waals surface area contributed by atoms with Gasteiger partial charge in [-0.1, -0.05) is 0 Å². The molecule has 1 aliphatic carbocycles. The van der Waals surface area contributed by atoms with Crippen molar-refractivity contribution in [3.8, 4) is 17.2 Å². The first-order valence-electron chi connectivity index (χ1n) is 6.74. The van der Waals surface area contributed by atoms with Gasteiger partial charge in [0.2, 0.25) is 5.75 Å². The van der Waals surface area contributed by atoms with E-state index in [0.717, 1.165) is 13.0 Å². The van der Waals surface area contributed by atoms with Gasteiger partial charge in [-0.3, -0.25) is 0 Å². The van der Waals surface area contributed by atoms with Crippen molar-refractivity contribution in [3.05, 3.63) is 17.2 Å². The smallest absolute Gasteiger partial charge is 0.203 e. The Morgan fingerprint density at radius 1 is 1.25 bits per heavy atom. The minimum atomic E-state index is -0.907. The summed E-state index contributed by atoms with van der Waals surface area (Å²) in [6.07, 6.45) is -0.681. The molecule has 6 heteroatoms. The van der Waals surface area contributed by atoms with Crippen LogP contribution < -0.4 is 10.1 Å². The van der Waals surface area contributed by atoms with E-state index in [1.165, 1.54) is 6.07 Å². The summed E-state index contributed by atoms with van der Waals surface area (Å²) in [5, 5.41) is 42.4. The lowest BCUT2D eigenvalue weighted by molar-refractivity contribution is 0.0135. The number of hydrogen-bond acceptors (Lipinski definition) is 6. The lowest BCUT2D eigenvalue weighted by Gasteiger charge is -2.27. The van der Waals surface area contributed by atoms with Gasteiger partial charge in [-0.2, -0.15) is 0 Å². The van der Waals surface area contributed by atoms with Gasteiger partial charge in [0.1, 0.15) is 0 Å². The Hall–Kier alpha value is -1.50. The predicted octanol–water partition coefficient (Wildman–Crippen LogP) is -0.0935. The fourth-order valence-corrected chi connectivity index (χ4v) is 2.41. The number of nitrogens with one attached hydrogen (secondary N) is 1. The molecular weight excluding hydrogens is 262 g/mol. The summed E-state index contributed by atoms with van der Waals surface area (Å²) in [5.74, 6) is -0.242. The average Bonchev–Trinajstić information content (AvgIpc) is 2.40. The molecule has 1 aromatic rings. The van der Waals surface area contributed by atoms with E-state index < -0.39 is 12.2 Å². The topological polar surface area (TPSA) is 102 Å². The number of phenolic OH excluding ortho intramolecular Hbond substituents is 2. The number of rotatable bonds is 5. The minimum absolute atomic E-state index is 0.0449. The highest BCUT2D eigenvalue weighted by Gasteiger charge is 2.30. The Labute approximate surface area is 117 Å². The first-order chi connectivity index (χ1) is 9.54. The zero-order valence-corrected chi connectivity index (χ0v) is 11.5. The van der Waals surface area contributed by atoms with Crippen molar-refractivity contribution in [1.29, 1.82) is 0 Å². The normalized spacial score (nSPS) is 21.6. The van der Waals surface area contributed by atoms with Gasteiger partial charge in [-0.05, 0) is 31.6 Å². The molecule has 1 aromatic carbocycles. The van der Waals surface area contributed by atoms with Gasteiger partial charge in [0.15, 0.2) is 11.5 Å². The van der Waals surface area contributed by atoms with E-state index >= 15 is 0 Å². The maximum Gasteiger partial charge on any atom is 0.203 e. The highest BCUT2D eigenvalue weighted by atomic mass is 16.5. The van der Waals surface area contributed by atoms with Crippen LogP contribution in [0, 0.1) is 0 Å². The second-order valence-corrected chi connectivity index (χ2v) is 5.06. The first-order valence-corrected chi connectivity index (χ1v) is 6.74. The zero-order valence-electron chi connectivity index (χ0n) is 11.5. The van der Waals surface area contributed by atoms with Gasteiger partial charge in [0.05, 0.1) is 18.8 Å². The molecule has 0 amide bonds. The van der Waals surface area contributed by atoms with Crippen molar-refractivity contribution in [2.45, 2.75) is 31.5 Å². The van der Waals surface area contributed by atoms with Crippen LogP contribution in [0.25, 0.3) is 0 Å². The van der Waals surface area contributed by atoms with Crippen molar-refractivity contribution in [2.75, 3.05) is 20.2 Å². The Morgan fingerprint density at radius 3 is 2.65 bits per heavy atom. The monoisotopic (exact) mass is 283 g/mol. The molecule has 0 saturated carbocycles. The van der Waals surface area contributed by atoms with E-state index in [-0.39, 0.29) is 30.1 Å². The minimum Gasteiger partial charge on any atom is -0.504 e. The van der Waals surface area contributed by atoms with Crippen molar-refractivity contribution in [1.82, 2.24) is 5.32 Å². The third-order valence-electron chi connectivity index (χ3n) is 3.54. The molecule has 20 heavy (non-hydrogen) atoms. The van der Waals surface area contributed by atoms with E-state index in [0.29, 0.717) is 17.7 Å². The van der Waals surface area contributed by atoms with Crippen LogP contribution in [-0.4, -0.2) is 52.8 Å². The van der Waals surface area contributed by atoms with Gasteiger partial charge >= 0.3 is 0 Å². The second-order valence-electron chi connectivity index (χ2n) is 5.06. The molecule has 2 unspecified atom stereocenters. The molecule has 0 aromatic heterocycles. The molecule has 5 N–H and O–H groups in total. The number of aliphatic hydroxyl groups excluding tert-OH is 2. The summed E-state index contributed by atoms with van der Waals surface area (Å²) < 4.78 is 5.41. The number of phenols is 2. The fraction of sp³-hybridized carbons (Fsp3) is 0.571. The summed E-state index contributed by atoms with van der Waals surface area (Å²) in [6, 6.07) is 1.48. The van der Waals surface area contributed by atoms with Crippen LogP contribution in [0.4, 0.5) is 0 Å². The van der Waals surface area contributed by atoms with Gasteiger partial charge in [0.25, 0.3) is 0 Å². The number of ether oxygens (including phenoxy) is 1. The Kier molecular flexibility index (Phi) is 4.69. The first kappa shape index (κ1) is 14.9. The molecule has 2 atom stereocenters. The van der Waals surface area contributed by atoms with Gasteiger partial charge in [-0.15, -0.1) is 0 Å². The maximum atomic E-state index is 10.2. The molecule has 2 rings (SSSR count). The zero-order chi connectivity index (χ0) is 14.7. The van der Waals surface area contributed by atoms with E-state index in [1.54, 1.807) is 0 Å². The average molecular weight is 283 g/mol. The fourth-order valence-electron chi connectivity index (χ4n) is 2.41. The standard InChI is InChI=1S/C14H21NO5/c1-15-3-2-4-20-14-12(18)6-8-5-10(16)11(17)7-9(8)13(14)19/h6,10-11,15-19H,2-5,7H2,1H3. The number of aromatic hydroxyl groups is 2. The molecule has 112 valence electrons. The van der Waals surface area contributed by atoms with E-state index in [9.17, 15) is 20.4 Å². The Bertz CT molecular complexity index is 477.